The van der Waals surface area contributed by atoms with Crippen LogP contribution in [0.3, 0.4) is 0 Å². The van der Waals surface area contributed by atoms with E-state index in [0.717, 1.165) is 0 Å². The molecule has 0 spiro atoms. The zero-order valence-electron chi connectivity index (χ0n) is 13.5. The van der Waals surface area contributed by atoms with Crippen LogP contribution >= 0.6 is 23.4 Å². The maximum absolute atomic E-state index is 12.4. The molecular formula is C16H13ClF3N5OS. The van der Waals surface area contributed by atoms with Gasteiger partial charge in [-0.25, -0.2) is 5.10 Å². The number of H-pyrrole nitrogens is 1. The Labute approximate surface area is 161 Å². The van der Waals surface area contributed by atoms with Crippen molar-refractivity contribution in [1.82, 2.24) is 15.2 Å². The van der Waals surface area contributed by atoms with Gasteiger partial charge in [0.25, 0.3) is 0 Å². The van der Waals surface area contributed by atoms with E-state index in [1.807, 2.05) is 0 Å². The van der Waals surface area contributed by atoms with Crippen LogP contribution in [0.4, 0.5) is 25.1 Å². The molecule has 0 atom stereocenters. The molecule has 11 heteroatoms. The van der Waals surface area contributed by atoms with E-state index >= 15 is 0 Å². The van der Waals surface area contributed by atoms with E-state index in [1.54, 1.807) is 18.2 Å². The molecule has 0 bridgehead atoms. The van der Waals surface area contributed by atoms with E-state index in [4.69, 9.17) is 22.1 Å². The highest BCUT2D eigenvalue weighted by molar-refractivity contribution is 8.00. The first-order chi connectivity index (χ1) is 12.8. The molecule has 0 aliphatic rings. The summed E-state index contributed by atoms with van der Waals surface area (Å²) in [7, 11) is 0. The molecule has 0 fully saturated rings. The van der Waals surface area contributed by atoms with Crippen LogP contribution in [-0.2, 0) is 6.54 Å². The lowest BCUT2D eigenvalue weighted by Gasteiger charge is -2.13. The summed E-state index contributed by atoms with van der Waals surface area (Å²) in [6.45, 7) is 0.258. The van der Waals surface area contributed by atoms with Gasteiger partial charge in [-0.05, 0) is 48.2 Å². The van der Waals surface area contributed by atoms with E-state index in [9.17, 15) is 13.2 Å². The van der Waals surface area contributed by atoms with Gasteiger partial charge in [0.1, 0.15) is 11.5 Å². The average molecular weight is 416 g/mol. The number of nitrogens with one attached hydrogen (secondary N) is 2. The second-order valence-electron chi connectivity index (χ2n) is 5.24. The number of anilines is 2. The van der Waals surface area contributed by atoms with E-state index in [-0.39, 0.29) is 29.2 Å². The first-order valence-electron chi connectivity index (χ1n) is 7.53. The quantitative estimate of drug-likeness (QED) is 0.488. The number of benzene rings is 2. The monoisotopic (exact) mass is 415 g/mol. The number of nitrogens with zero attached hydrogens (tertiary/aromatic N) is 2. The zero-order chi connectivity index (χ0) is 19.4. The van der Waals surface area contributed by atoms with Crippen LogP contribution in [0.1, 0.15) is 5.56 Å². The van der Waals surface area contributed by atoms with Gasteiger partial charge < -0.3 is 15.8 Å². The van der Waals surface area contributed by atoms with Crippen molar-refractivity contribution in [1.29, 1.82) is 0 Å². The van der Waals surface area contributed by atoms with Crippen molar-refractivity contribution < 1.29 is 17.9 Å². The van der Waals surface area contributed by atoms with Gasteiger partial charge in [0.2, 0.25) is 11.9 Å². The molecule has 1 aromatic heterocycles. The molecule has 0 unspecified atom stereocenters. The molecule has 0 amide bonds. The van der Waals surface area contributed by atoms with E-state index in [1.165, 1.54) is 24.3 Å². The molecule has 142 valence electrons. The van der Waals surface area contributed by atoms with Crippen molar-refractivity contribution in [3.05, 3.63) is 53.1 Å². The Bertz CT molecular complexity index is 917. The maximum atomic E-state index is 12.4. The standard InChI is InChI=1S/C16H13ClF3N5OS/c17-12-2-1-3-13(11(12)8-22-15-23-14(21)24-25-15)26-9-4-6-10(7-5-9)27-16(18,19)20/h1-7H,8H2,(H4,21,22,23,24,25). The number of ether oxygens (including phenoxy) is 1. The Morgan fingerprint density at radius 2 is 1.93 bits per heavy atom. The minimum Gasteiger partial charge on any atom is -0.457 e. The molecule has 27 heavy (non-hydrogen) atoms. The minimum absolute atomic E-state index is 0.0741. The summed E-state index contributed by atoms with van der Waals surface area (Å²) >= 11 is 6.06. The Morgan fingerprint density at radius 3 is 2.56 bits per heavy atom. The van der Waals surface area contributed by atoms with Crippen molar-refractivity contribution in [3.8, 4) is 11.5 Å². The lowest BCUT2D eigenvalue weighted by Crippen LogP contribution is -2.04. The van der Waals surface area contributed by atoms with Crippen molar-refractivity contribution >= 4 is 35.3 Å². The third kappa shape index (κ3) is 5.44. The zero-order valence-corrected chi connectivity index (χ0v) is 15.1. The van der Waals surface area contributed by atoms with Gasteiger partial charge in [0.05, 0.1) is 0 Å². The molecular weight excluding hydrogens is 403 g/mol. The Kier molecular flexibility index (Phi) is 5.66. The topological polar surface area (TPSA) is 88.8 Å². The number of nitrogen functional groups attached to an aromatic ring is 1. The Hall–Kier alpha value is -2.59. The summed E-state index contributed by atoms with van der Waals surface area (Å²) in [4.78, 5) is 4.00. The fourth-order valence-corrected chi connectivity index (χ4v) is 2.94. The minimum atomic E-state index is -4.34. The highest BCUT2D eigenvalue weighted by Gasteiger charge is 2.29. The maximum Gasteiger partial charge on any atom is 0.446 e. The summed E-state index contributed by atoms with van der Waals surface area (Å²) in [5.41, 5.74) is 1.77. The molecule has 1 heterocycles. The van der Waals surface area contributed by atoms with Crippen molar-refractivity contribution in [2.45, 2.75) is 16.9 Å². The number of hydrogen-bond donors (Lipinski definition) is 3. The number of rotatable bonds is 6. The third-order valence-electron chi connectivity index (χ3n) is 3.29. The predicted octanol–water partition coefficient (Wildman–Crippen LogP) is 5.06. The molecule has 3 rings (SSSR count). The SMILES string of the molecule is Nc1nc(NCc2c(Cl)cccc2Oc2ccc(SC(F)(F)F)cc2)n[nH]1. The molecule has 0 saturated heterocycles. The Balaban J connectivity index is 1.73. The second-order valence-corrected chi connectivity index (χ2v) is 6.78. The van der Waals surface area contributed by atoms with Crippen molar-refractivity contribution in [2.24, 2.45) is 0 Å². The molecule has 2 aromatic carbocycles. The fraction of sp³-hybridized carbons (Fsp3) is 0.125. The van der Waals surface area contributed by atoms with E-state index in [0.29, 0.717) is 28.0 Å². The first kappa shape index (κ1) is 19.2. The summed E-state index contributed by atoms with van der Waals surface area (Å²) in [5, 5.41) is 9.77. The normalized spacial score (nSPS) is 11.4. The third-order valence-corrected chi connectivity index (χ3v) is 4.38. The number of aromatic nitrogens is 3. The number of thioether (sulfide) groups is 1. The fourth-order valence-electron chi connectivity index (χ4n) is 2.16. The smallest absolute Gasteiger partial charge is 0.446 e. The van der Waals surface area contributed by atoms with Crippen LogP contribution in [0.25, 0.3) is 0 Å². The molecule has 0 aliphatic carbocycles. The number of aromatic amines is 1. The summed E-state index contributed by atoms with van der Waals surface area (Å²) in [6.07, 6.45) is 0. The van der Waals surface area contributed by atoms with Gasteiger partial charge in [0.15, 0.2) is 0 Å². The van der Waals surface area contributed by atoms with Crippen LogP contribution in [0.15, 0.2) is 47.4 Å². The van der Waals surface area contributed by atoms with Crippen LogP contribution < -0.4 is 15.8 Å². The molecule has 0 saturated carbocycles. The van der Waals surface area contributed by atoms with Gasteiger partial charge in [-0.15, -0.1) is 5.10 Å². The van der Waals surface area contributed by atoms with Crippen LogP contribution in [0, 0.1) is 0 Å². The summed E-state index contributed by atoms with van der Waals surface area (Å²) in [6, 6.07) is 10.7. The molecule has 0 radical (unpaired) electrons. The van der Waals surface area contributed by atoms with Gasteiger partial charge >= 0.3 is 5.51 Å². The van der Waals surface area contributed by atoms with E-state index < -0.39 is 5.51 Å². The van der Waals surface area contributed by atoms with Crippen LogP contribution in [-0.4, -0.2) is 20.7 Å². The van der Waals surface area contributed by atoms with Gasteiger partial charge in [0, 0.05) is 22.0 Å². The van der Waals surface area contributed by atoms with Crippen LogP contribution in [0.2, 0.25) is 5.02 Å². The summed E-state index contributed by atoms with van der Waals surface area (Å²) < 4.78 is 43.0. The number of hydrogen-bond acceptors (Lipinski definition) is 6. The lowest BCUT2D eigenvalue weighted by atomic mass is 10.2. The van der Waals surface area contributed by atoms with E-state index in [2.05, 4.69) is 20.5 Å². The highest BCUT2D eigenvalue weighted by atomic mass is 35.5. The summed E-state index contributed by atoms with van der Waals surface area (Å²) in [5.74, 6) is 1.30. The largest absolute Gasteiger partial charge is 0.457 e. The number of nitrogens with two attached hydrogens (primary N) is 1. The lowest BCUT2D eigenvalue weighted by molar-refractivity contribution is -0.0328. The predicted molar refractivity (Wildman–Crippen MR) is 98.0 cm³/mol. The van der Waals surface area contributed by atoms with Gasteiger partial charge in [-0.3, -0.25) is 0 Å². The van der Waals surface area contributed by atoms with Gasteiger partial charge in [-0.2, -0.15) is 18.2 Å². The van der Waals surface area contributed by atoms with Crippen molar-refractivity contribution in [3.63, 3.8) is 0 Å². The van der Waals surface area contributed by atoms with Crippen molar-refractivity contribution in [2.75, 3.05) is 11.1 Å². The van der Waals surface area contributed by atoms with Crippen LogP contribution in [0.5, 0.6) is 11.5 Å². The average Bonchev–Trinajstić information content (AvgIpc) is 3.00. The molecule has 0 aliphatic heterocycles. The first-order valence-corrected chi connectivity index (χ1v) is 8.72. The number of alkyl halides is 3. The van der Waals surface area contributed by atoms with Gasteiger partial charge in [-0.1, -0.05) is 17.7 Å². The second kappa shape index (κ2) is 7.97. The Morgan fingerprint density at radius 1 is 1.19 bits per heavy atom. The highest BCUT2D eigenvalue weighted by Crippen LogP contribution is 2.38. The number of halogens is 4. The molecule has 4 N–H and O–H groups in total. The molecule has 3 aromatic rings. The molecule has 6 nitrogen and oxygen atoms in total.